The summed E-state index contributed by atoms with van der Waals surface area (Å²) in [5.74, 6) is 0.970. The molecule has 0 fully saturated rings. The van der Waals surface area contributed by atoms with Gasteiger partial charge in [-0.15, -0.1) is 0 Å². The molecule has 0 spiro atoms. The molecule has 0 amide bonds. The van der Waals surface area contributed by atoms with Crippen LogP contribution < -0.4 is 14.2 Å². The molecule has 1 unspecified atom stereocenters. The van der Waals surface area contributed by atoms with Crippen molar-refractivity contribution in [3.63, 3.8) is 0 Å². The van der Waals surface area contributed by atoms with Crippen LogP contribution in [-0.2, 0) is 24.4 Å². The SMILES string of the molecule is CCCc1cccc(COc2cccc(OCc3ccc4ccccc4c3)c2)c1OC(C)C(=O)O. The summed E-state index contributed by atoms with van der Waals surface area (Å²) in [6, 6.07) is 27.9. The normalized spacial score (nSPS) is 11.7. The predicted molar refractivity (Wildman–Crippen MR) is 137 cm³/mol. The zero-order valence-electron chi connectivity index (χ0n) is 20.1. The number of benzene rings is 4. The van der Waals surface area contributed by atoms with E-state index in [9.17, 15) is 9.90 Å². The van der Waals surface area contributed by atoms with E-state index >= 15 is 0 Å². The van der Waals surface area contributed by atoms with E-state index in [2.05, 4.69) is 37.3 Å². The third-order valence-electron chi connectivity index (χ3n) is 5.76. The summed E-state index contributed by atoms with van der Waals surface area (Å²) in [7, 11) is 0. The second-order valence-electron chi connectivity index (χ2n) is 8.49. The number of carbonyl (C=O) groups is 1. The van der Waals surface area contributed by atoms with Crippen LogP contribution in [0.2, 0.25) is 0 Å². The van der Waals surface area contributed by atoms with Crippen LogP contribution in [0.3, 0.4) is 0 Å². The minimum atomic E-state index is -1.00. The van der Waals surface area contributed by atoms with E-state index in [0.29, 0.717) is 23.9 Å². The lowest BCUT2D eigenvalue weighted by atomic mass is 10.0. The molecule has 0 radical (unpaired) electrons. The van der Waals surface area contributed by atoms with Gasteiger partial charge in [-0.2, -0.15) is 0 Å². The Kier molecular flexibility index (Phi) is 7.88. The molecule has 4 aromatic rings. The molecule has 0 aliphatic rings. The Labute approximate surface area is 205 Å². The fourth-order valence-corrected chi connectivity index (χ4v) is 3.91. The van der Waals surface area contributed by atoms with Crippen LogP contribution in [0.15, 0.2) is 84.9 Å². The summed E-state index contributed by atoms with van der Waals surface area (Å²) in [6.45, 7) is 4.33. The van der Waals surface area contributed by atoms with Crippen molar-refractivity contribution in [2.24, 2.45) is 0 Å². The lowest BCUT2D eigenvalue weighted by Gasteiger charge is -2.18. The molecule has 4 rings (SSSR count). The van der Waals surface area contributed by atoms with Crippen molar-refractivity contribution in [1.29, 1.82) is 0 Å². The molecule has 180 valence electrons. The van der Waals surface area contributed by atoms with Crippen molar-refractivity contribution in [2.75, 3.05) is 0 Å². The van der Waals surface area contributed by atoms with Crippen LogP contribution >= 0.6 is 0 Å². The van der Waals surface area contributed by atoms with Crippen molar-refractivity contribution in [1.82, 2.24) is 0 Å². The Bertz CT molecular complexity index is 1300. The minimum absolute atomic E-state index is 0.257. The molecule has 0 saturated carbocycles. The number of hydrogen-bond donors (Lipinski definition) is 1. The number of aliphatic carboxylic acids is 1. The van der Waals surface area contributed by atoms with Crippen molar-refractivity contribution in [3.05, 3.63) is 102 Å². The molecule has 0 aromatic heterocycles. The van der Waals surface area contributed by atoms with E-state index in [4.69, 9.17) is 14.2 Å². The summed E-state index contributed by atoms with van der Waals surface area (Å²) in [5.41, 5.74) is 2.89. The van der Waals surface area contributed by atoms with Crippen LogP contribution in [0.25, 0.3) is 10.8 Å². The molecule has 5 heteroatoms. The fraction of sp³-hybridized carbons (Fsp3) is 0.233. The first-order valence-electron chi connectivity index (χ1n) is 11.9. The number of carboxylic acids is 1. The molecule has 0 aliphatic carbocycles. The molecule has 5 nitrogen and oxygen atoms in total. The van der Waals surface area contributed by atoms with Crippen molar-refractivity contribution < 1.29 is 24.1 Å². The monoisotopic (exact) mass is 470 g/mol. The van der Waals surface area contributed by atoms with Crippen molar-refractivity contribution in [3.8, 4) is 17.2 Å². The topological polar surface area (TPSA) is 65.0 Å². The number of carboxylic acid groups (broad SMARTS) is 1. The van der Waals surface area contributed by atoms with Gasteiger partial charge in [0.25, 0.3) is 0 Å². The highest BCUT2D eigenvalue weighted by Crippen LogP contribution is 2.29. The van der Waals surface area contributed by atoms with Crippen molar-refractivity contribution in [2.45, 2.75) is 46.0 Å². The first-order valence-corrected chi connectivity index (χ1v) is 11.9. The third kappa shape index (κ3) is 6.33. The molecule has 0 saturated heterocycles. The van der Waals surface area contributed by atoms with Crippen LogP contribution in [0.4, 0.5) is 0 Å². The molecule has 0 heterocycles. The van der Waals surface area contributed by atoms with Crippen LogP contribution in [0.1, 0.15) is 37.0 Å². The smallest absolute Gasteiger partial charge is 0.344 e. The highest BCUT2D eigenvalue weighted by molar-refractivity contribution is 5.82. The number of rotatable bonds is 11. The van der Waals surface area contributed by atoms with E-state index in [1.54, 1.807) is 0 Å². The molecule has 0 bridgehead atoms. The molecule has 1 N–H and O–H groups in total. The lowest BCUT2D eigenvalue weighted by molar-refractivity contribution is -0.144. The number of fused-ring (bicyclic) bond motifs is 1. The van der Waals surface area contributed by atoms with E-state index in [0.717, 1.165) is 29.5 Å². The van der Waals surface area contributed by atoms with Crippen LogP contribution in [0, 0.1) is 0 Å². The Balaban J connectivity index is 1.44. The van der Waals surface area contributed by atoms with E-state index < -0.39 is 12.1 Å². The fourth-order valence-electron chi connectivity index (χ4n) is 3.91. The van der Waals surface area contributed by atoms with Gasteiger partial charge in [0, 0.05) is 11.6 Å². The number of aryl methyl sites for hydroxylation is 1. The Morgan fingerprint density at radius 2 is 1.49 bits per heavy atom. The van der Waals surface area contributed by atoms with Crippen LogP contribution in [-0.4, -0.2) is 17.2 Å². The third-order valence-corrected chi connectivity index (χ3v) is 5.76. The Hall–Kier alpha value is -3.99. The highest BCUT2D eigenvalue weighted by atomic mass is 16.5. The average Bonchev–Trinajstić information content (AvgIpc) is 2.87. The van der Waals surface area contributed by atoms with Gasteiger partial charge in [-0.05, 0) is 53.4 Å². The molecule has 0 aliphatic heterocycles. The first-order chi connectivity index (χ1) is 17.0. The minimum Gasteiger partial charge on any atom is -0.489 e. The van der Waals surface area contributed by atoms with Crippen LogP contribution in [0.5, 0.6) is 17.2 Å². The lowest BCUT2D eigenvalue weighted by Crippen LogP contribution is -2.24. The molecule has 4 aromatic carbocycles. The quantitative estimate of drug-likeness (QED) is 0.261. The van der Waals surface area contributed by atoms with Gasteiger partial charge in [0.05, 0.1) is 0 Å². The first kappa shape index (κ1) is 24.1. The van der Waals surface area contributed by atoms with Gasteiger partial charge < -0.3 is 19.3 Å². The second-order valence-corrected chi connectivity index (χ2v) is 8.49. The predicted octanol–water partition coefficient (Wildman–Crippen LogP) is 6.80. The maximum atomic E-state index is 11.4. The summed E-state index contributed by atoms with van der Waals surface area (Å²) in [5, 5.41) is 11.7. The zero-order chi connectivity index (χ0) is 24.6. The van der Waals surface area contributed by atoms with E-state index in [-0.39, 0.29) is 6.61 Å². The number of ether oxygens (including phenoxy) is 3. The Morgan fingerprint density at radius 3 is 2.23 bits per heavy atom. The standard InChI is InChI=1S/C30H30O5/c1-3-8-24-11-6-12-26(29(24)35-21(2)30(31)32)20-34-28-14-7-13-27(18-28)33-19-22-15-16-23-9-4-5-10-25(23)17-22/h4-7,9-18,21H,3,8,19-20H2,1-2H3,(H,31,32). The molecular weight excluding hydrogens is 440 g/mol. The van der Waals surface area contributed by atoms with Gasteiger partial charge >= 0.3 is 5.97 Å². The van der Waals surface area contributed by atoms with Gasteiger partial charge in [-0.1, -0.05) is 74.0 Å². The van der Waals surface area contributed by atoms with Gasteiger partial charge in [0.15, 0.2) is 6.10 Å². The van der Waals surface area contributed by atoms with Gasteiger partial charge in [-0.25, -0.2) is 4.79 Å². The molecular formula is C30H30O5. The molecule has 35 heavy (non-hydrogen) atoms. The summed E-state index contributed by atoms with van der Waals surface area (Å²) < 4.78 is 17.9. The summed E-state index contributed by atoms with van der Waals surface area (Å²) in [6.07, 6.45) is 0.783. The number of para-hydroxylation sites is 1. The van der Waals surface area contributed by atoms with Gasteiger partial charge in [0.2, 0.25) is 0 Å². The van der Waals surface area contributed by atoms with Gasteiger partial charge in [0.1, 0.15) is 30.5 Å². The van der Waals surface area contributed by atoms with E-state index in [1.165, 1.54) is 17.7 Å². The maximum absolute atomic E-state index is 11.4. The average molecular weight is 471 g/mol. The highest BCUT2D eigenvalue weighted by Gasteiger charge is 2.18. The molecule has 1 atom stereocenters. The largest absolute Gasteiger partial charge is 0.489 e. The van der Waals surface area contributed by atoms with Gasteiger partial charge in [-0.3, -0.25) is 0 Å². The second kappa shape index (κ2) is 11.4. The van der Waals surface area contributed by atoms with E-state index in [1.807, 2.05) is 54.6 Å². The number of hydrogen-bond acceptors (Lipinski definition) is 4. The maximum Gasteiger partial charge on any atom is 0.344 e. The van der Waals surface area contributed by atoms with Crippen molar-refractivity contribution >= 4 is 16.7 Å². The Morgan fingerprint density at radius 1 is 0.800 bits per heavy atom. The summed E-state index contributed by atoms with van der Waals surface area (Å²) >= 11 is 0. The summed E-state index contributed by atoms with van der Waals surface area (Å²) in [4.78, 5) is 11.4. The zero-order valence-corrected chi connectivity index (χ0v) is 20.1.